The van der Waals surface area contributed by atoms with Gasteiger partial charge < -0.3 is 14.2 Å². The van der Waals surface area contributed by atoms with Gasteiger partial charge in [-0.15, -0.1) is 11.3 Å². The lowest BCUT2D eigenvalue weighted by Crippen LogP contribution is -2.15. The van der Waals surface area contributed by atoms with Crippen LogP contribution in [0.25, 0.3) is 58.8 Å². The molecule has 0 N–H and O–H groups in total. The van der Waals surface area contributed by atoms with Crippen LogP contribution < -0.4 is 9.64 Å². The molecule has 0 saturated heterocycles. The zero-order valence-electron chi connectivity index (χ0n) is 28.1. The van der Waals surface area contributed by atoms with Gasteiger partial charge in [0, 0.05) is 53.4 Å². The van der Waals surface area contributed by atoms with Crippen molar-refractivity contribution in [1.29, 1.82) is 0 Å². The number of para-hydroxylation sites is 1. The molecule has 3 nitrogen and oxygen atoms in total. The third kappa shape index (κ3) is 4.15. The standard InChI is InChI=1S/C46H34N2OS/c1-46(2)38-14-7-4-11-33(38)34-25-21-31(28-39(34)46)48-40-15-8-5-13-36(40)45-41(16-10-17-42(45)48)47(29-19-23-32(49-3)24-20-29)30-22-26-44-37(27-30)35-12-6-9-18-43(35)50-44/h4-28H,1-3H3. The number of methoxy groups -OCH3 is 1. The summed E-state index contributed by atoms with van der Waals surface area (Å²) in [5, 5.41) is 5.01. The summed E-state index contributed by atoms with van der Waals surface area (Å²) in [4.78, 5) is 2.41. The van der Waals surface area contributed by atoms with Gasteiger partial charge in [0.2, 0.25) is 0 Å². The molecule has 240 valence electrons. The van der Waals surface area contributed by atoms with Gasteiger partial charge in [0.25, 0.3) is 0 Å². The smallest absolute Gasteiger partial charge is 0.119 e. The van der Waals surface area contributed by atoms with Crippen molar-refractivity contribution >= 4 is 70.4 Å². The topological polar surface area (TPSA) is 17.4 Å². The Bertz CT molecular complexity index is 2790. The highest BCUT2D eigenvalue weighted by atomic mass is 32.1. The first kappa shape index (κ1) is 29.1. The van der Waals surface area contributed by atoms with Crippen LogP contribution in [0.15, 0.2) is 152 Å². The van der Waals surface area contributed by atoms with Crippen LogP contribution in [0.1, 0.15) is 25.0 Å². The zero-order valence-corrected chi connectivity index (χ0v) is 29.0. The van der Waals surface area contributed by atoms with Crippen LogP contribution in [0.5, 0.6) is 5.75 Å². The van der Waals surface area contributed by atoms with E-state index in [1.165, 1.54) is 69.9 Å². The van der Waals surface area contributed by atoms with Gasteiger partial charge in [0.1, 0.15) is 5.75 Å². The van der Waals surface area contributed by atoms with Gasteiger partial charge in [0.15, 0.2) is 0 Å². The van der Waals surface area contributed by atoms with Crippen LogP contribution in [-0.4, -0.2) is 11.7 Å². The second-order valence-corrected chi connectivity index (χ2v) is 14.8. The summed E-state index contributed by atoms with van der Waals surface area (Å²) in [6.45, 7) is 4.71. The van der Waals surface area contributed by atoms with E-state index in [4.69, 9.17) is 4.74 Å². The third-order valence-electron chi connectivity index (χ3n) is 10.7. The van der Waals surface area contributed by atoms with Crippen molar-refractivity contribution in [1.82, 2.24) is 4.57 Å². The Morgan fingerprint density at radius 2 is 1.26 bits per heavy atom. The molecule has 0 saturated carbocycles. The van der Waals surface area contributed by atoms with Gasteiger partial charge >= 0.3 is 0 Å². The quantitative estimate of drug-likeness (QED) is 0.182. The predicted octanol–water partition coefficient (Wildman–Crippen LogP) is 12.9. The lowest BCUT2D eigenvalue weighted by molar-refractivity contribution is 0.415. The highest BCUT2D eigenvalue weighted by Gasteiger charge is 2.35. The van der Waals surface area contributed by atoms with Crippen molar-refractivity contribution in [2.24, 2.45) is 0 Å². The van der Waals surface area contributed by atoms with Gasteiger partial charge in [0.05, 0.1) is 23.8 Å². The second-order valence-electron chi connectivity index (χ2n) is 13.7. The normalized spacial score (nSPS) is 13.3. The van der Waals surface area contributed by atoms with Gasteiger partial charge in [-0.2, -0.15) is 0 Å². The molecular formula is C46H34N2OS. The first-order chi connectivity index (χ1) is 24.5. The minimum absolute atomic E-state index is 0.0819. The number of thiophene rings is 1. The summed E-state index contributed by atoms with van der Waals surface area (Å²) in [7, 11) is 1.72. The summed E-state index contributed by atoms with van der Waals surface area (Å²) in [6.07, 6.45) is 0. The Morgan fingerprint density at radius 3 is 2.12 bits per heavy atom. The second kappa shape index (κ2) is 10.8. The number of rotatable bonds is 5. The number of nitrogens with zero attached hydrogens (tertiary/aromatic N) is 2. The van der Waals surface area contributed by atoms with Crippen LogP contribution in [-0.2, 0) is 5.41 Å². The maximum atomic E-state index is 5.58. The van der Waals surface area contributed by atoms with Gasteiger partial charge in [-0.25, -0.2) is 0 Å². The van der Waals surface area contributed by atoms with E-state index in [1.54, 1.807) is 7.11 Å². The minimum Gasteiger partial charge on any atom is -0.497 e. The van der Waals surface area contributed by atoms with E-state index in [2.05, 4.69) is 175 Å². The number of benzene rings is 7. The Hall–Kier alpha value is -5.84. The van der Waals surface area contributed by atoms with Crippen molar-refractivity contribution in [2.75, 3.05) is 12.0 Å². The fourth-order valence-corrected chi connectivity index (χ4v) is 9.39. The van der Waals surface area contributed by atoms with E-state index in [-0.39, 0.29) is 5.41 Å². The molecule has 0 fully saturated rings. The molecule has 7 aromatic carbocycles. The number of ether oxygens (including phenoxy) is 1. The van der Waals surface area contributed by atoms with E-state index in [1.807, 2.05) is 11.3 Å². The lowest BCUT2D eigenvalue weighted by atomic mass is 9.82. The highest BCUT2D eigenvalue weighted by Crippen LogP contribution is 2.50. The molecule has 2 heterocycles. The minimum atomic E-state index is -0.0819. The van der Waals surface area contributed by atoms with Gasteiger partial charge in [-0.1, -0.05) is 86.6 Å². The molecule has 0 bridgehead atoms. The SMILES string of the molecule is COc1ccc(N(c2ccc3sc4ccccc4c3c2)c2cccc3c2c2ccccc2n3-c2ccc3c(c2)C(C)(C)c2ccccc2-3)cc1. The Kier molecular flexibility index (Phi) is 6.31. The fraction of sp³-hybridized carbons (Fsp3) is 0.0870. The Balaban J connectivity index is 1.23. The molecule has 0 amide bonds. The maximum Gasteiger partial charge on any atom is 0.119 e. The number of hydrogen-bond donors (Lipinski definition) is 0. The monoisotopic (exact) mass is 662 g/mol. The Labute approximate surface area is 295 Å². The van der Waals surface area contributed by atoms with Crippen LogP contribution >= 0.6 is 11.3 Å². The van der Waals surface area contributed by atoms with E-state index < -0.39 is 0 Å². The van der Waals surface area contributed by atoms with E-state index >= 15 is 0 Å². The molecule has 1 aliphatic carbocycles. The average molecular weight is 663 g/mol. The molecule has 10 rings (SSSR count). The first-order valence-corrected chi connectivity index (χ1v) is 18.0. The van der Waals surface area contributed by atoms with E-state index in [0.29, 0.717) is 0 Å². The van der Waals surface area contributed by atoms with Crippen molar-refractivity contribution in [3.05, 3.63) is 163 Å². The Morgan fingerprint density at radius 1 is 0.560 bits per heavy atom. The van der Waals surface area contributed by atoms with Crippen molar-refractivity contribution < 1.29 is 4.74 Å². The van der Waals surface area contributed by atoms with Crippen molar-refractivity contribution in [3.63, 3.8) is 0 Å². The molecule has 0 spiro atoms. The van der Waals surface area contributed by atoms with Crippen LogP contribution in [0, 0.1) is 0 Å². The fourth-order valence-electron chi connectivity index (χ4n) is 8.31. The average Bonchev–Trinajstić information content (AvgIpc) is 3.78. The third-order valence-corrected chi connectivity index (χ3v) is 11.8. The molecule has 0 atom stereocenters. The first-order valence-electron chi connectivity index (χ1n) is 17.1. The number of hydrogen-bond acceptors (Lipinski definition) is 3. The maximum absolute atomic E-state index is 5.58. The molecular weight excluding hydrogens is 629 g/mol. The molecule has 4 heteroatoms. The van der Waals surface area contributed by atoms with Crippen molar-refractivity contribution in [2.45, 2.75) is 19.3 Å². The highest BCUT2D eigenvalue weighted by molar-refractivity contribution is 7.25. The summed E-state index contributed by atoms with van der Waals surface area (Å²) >= 11 is 1.85. The summed E-state index contributed by atoms with van der Waals surface area (Å²) in [5.41, 5.74) is 12.2. The molecule has 2 aromatic heterocycles. The summed E-state index contributed by atoms with van der Waals surface area (Å²) in [6, 6.07) is 55.5. The molecule has 50 heavy (non-hydrogen) atoms. The summed E-state index contributed by atoms with van der Waals surface area (Å²) in [5.74, 6) is 0.837. The van der Waals surface area contributed by atoms with Crippen LogP contribution in [0.2, 0.25) is 0 Å². The molecule has 0 unspecified atom stereocenters. The molecule has 9 aromatic rings. The van der Waals surface area contributed by atoms with Crippen LogP contribution in [0.4, 0.5) is 17.1 Å². The van der Waals surface area contributed by atoms with Gasteiger partial charge in [-0.3, -0.25) is 0 Å². The lowest BCUT2D eigenvalue weighted by Gasteiger charge is -2.27. The molecule has 0 aliphatic heterocycles. The number of anilines is 3. The predicted molar refractivity (Wildman–Crippen MR) is 212 cm³/mol. The van der Waals surface area contributed by atoms with Gasteiger partial charge in [-0.05, 0) is 101 Å². The molecule has 1 aliphatic rings. The zero-order chi connectivity index (χ0) is 33.6. The largest absolute Gasteiger partial charge is 0.497 e. The molecule has 0 radical (unpaired) electrons. The summed E-state index contributed by atoms with van der Waals surface area (Å²) < 4.78 is 10.6. The number of fused-ring (bicyclic) bond motifs is 9. The van der Waals surface area contributed by atoms with E-state index in [0.717, 1.165) is 22.8 Å². The number of aromatic nitrogens is 1. The van der Waals surface area contributed by atoms with Crippen molar-refractivity contribution in [3.8, 4) is 22.6 Å². The van der Waals surface area contributed by atoms with Crippen LogP contribution in [0.3, 0.4) is 0 Å². The van der Waals surface area contributed by atoms with E-state index in [9.17, 15) is 0 Å².